The summed E-state index contributed by atoms with van der Waals surface area (Å²) in [6.07, 6.45) is 4.20. The summed E-state index contributed by atoms with van der Waals surface area (Å²) in [6, 6.07) is 6.86. The van der Waals surface area contributed by atoms with Gasteiger partial charge in [0.25, 0.3) is 0 Å². The first-order chi connectivity index (χ1) is 9.98. The van der Waals surface area contributed by atoms with Gasteiger partial charge in [0.05, 0.1) is 16.5 Å². The summed E-state index contributed by atoms with van der Waals surface area (Å²) < 4.78 is 27.1. The number of benzene rings is 1. The zero-order valence-electron chi connectivity index (χ0n) is 12.7. The SMILES string of the molecule is CCCC1CCN(S(=O)(=O)c2cc(C#N)ccc2C)CC1. The molecule has 114 valence electrons. The molecule has 0 N–H and O–H groups in total. The zero-order valence-corrected chi connectivity index (χ0v) is 13.5. The Kier molecular flexibility index (Phi) is 5.02. The highest BCUT2D eigenvalue weighted by atomic mass is 32.2. The summed E-state index contributed by atoms with van der Waals surface area (Å²) in [5.41, 5.74) is 1.09. The molecular formula is C16H22N2O2S. The fraction of sp³-hybridized carbons (Fsp3) is 0.562. The highest BCUT2D eigenvalue weighted by Gasteiger charge is 2.30. The number of rotatable bonds is 4. The summed E-state index contributed by atoms with van der Waals surface area (Å²) in [5, 5.41) is 8.96. The molecule has 0 unspecified atom stereocenters. The Morgan fingerprint density at radius 1 is 1.33 bits per heavy atom. The van der Waals surface area contributed by atoms with E-state index in [-0.39, 0.29) is 4.90 Å². The lowest BCUT2D eigenvalue weighted by Gasteiger charge is -2.31. The Balaban J connectivity index is 2.22. The standard InChI is InChI=1S/C16H22N2O2S/c1-3-4-14-7-9-18(10-8-14)21(19,20)16-11-15(12-17)6-5-13(16)2/h5-6,11,14H,3-4,7-10H2,1-2H3. The molecule has 0 aromatic heterocycles. The second-order valence-electron chi connectivity index (χ2n) is 5.73. The number of hydrogen-bond acceptors (Lipinski definition) is 3. The van der Waals surface area contributed by atoms with Crippen molar-refractivity contribution in [3.05, 3.63) is 29.3 Å². The summed E-state index contributed by atoms with van der Waals surface area (Å²) in [5.74, 6) is 0.646. The molecule has 1 heterocycles. The summed E-state index contributed by atoms with van der Waals surface area (Å²) in [7, 11) is -3.48. The van der Waals surface area contributed by atoms with E-state index in [1.165, 1.54) is 12.5 Å². The highest BCUT2D eigenvalue weighted by molar-refractivity contribution is 7.89. The molecule has 1 aromatic rings. The molecule has 0 spiro atoms. The van der Waals surface area contributed by atoms with E-state index in [0.29, 0.717) is 30.1 Å². The molecule has 0 saturated carbocycles. The molecule has 1 fully saturated rings. The number of nitrogens with zero attached hydrogens (tertiary/aromatic N) is 2. The molecular weight excluding hydrogens is 284 g/mol. The van der Waals surface area contributed by atoms with Crippen molar-refractivity contribution >= 4 is 10.0 Å². The van der Waals surface area contributed by atoms with Crippen LogP contribution in [0.4, 0.5) is 0 Å². The Morgan fingerprint density at radius 2 is 2.00 bits per heavy atom. The van der Waals surface area contributed by atoms with Gasteiger partial charge >= 0.3 is 0 Å². The van der Waals surface area contributed by atoms with E-state index in [9.17, 15) is 8.42 Å². The van der Waals surface area contributed by atoms with Crippen molar-refractivity contribution in [2.75, 3.05) is 13.1 Å². The lowest BCUT2D eigenvalue weighted by atomic mass is 9.94. The van der Waals surface area contributed by atoms with E-state index >= 15 is 0 Å². The van der Waals surface area contributed by atoms with Gasteiger partial charge in [0, 0.05) is 13.1 Å². The quantitative estimate of drug-likeness (QED) is 0.859. The predicted molar refractivity (Wildman–Crippen MR) is 82.3 cm³/mol. The molecule has 1 aromatic carbocycles. The van der Waals surface area contributed by atoms with Gasteiger partial charge in [0.1, 0.15) is 0 Å². The smallest absolute Gasteiger partial charge is 0.207 e. The van der Waals surface area contributed by atoms with Crippen molar-refractivity contribution in [3.8, 4) is 6.07 Å². The molecule has 0 amide bonds. The molecule has 5 heteroatoms. The molecule has 1 aliphatic rings. The molecule has 21 heavy (non-hydrogen) atoms. The van der Waals surface area contributed by atoms with Gasteiger partial charge in [-0.25, -0.2) is 8.42 Å². The van der Waals surface area contributed by atoms with Gasteiger partial charge in [-0.3, -0.25) is 0 Å². The Bertz CT molecular complexity index is 639. The zero-order chi connectivity index (χ0) is 15.5. The van der Waals surface area contributed by atoms with Crippen molar-refractivity contribution < 1.29 is 8.42 Å². The molecule has 0 atom stereocenters. The van der Waals surface area contributed by atoms with Crippen LogP contribution in [-0.4, -0.2) is 25.8 Å². The number of piperidine rings is 1. The van der Waals surface area contributed by atoms with Crippen molar-refractivity contribution in [2.24, 2.45) is 5.92 Å². The molecule has 1 saturated heterocycles. The molecule has 0 radical (unpaired) electrons. The van der Waals surface area contributed by atoms with Gasteiger partial charge in [0.15, 0.2) is 0 Å². The van der Waals surface area contributed by atoms with Crippen LogP contribution < -0.4 is 0 Å². The van der Waals surface area contributed by atoms with Crippen molar-refractivity contribution in [1.29, 1.82) is 5.26 Å². The fourth-order valence-corrected chi connectivity index (χ4v) is 4.65. The van der Waals surface area contributed by atoms with Crippen LogP contribution in [0.1, 0.15) is 43.7 Å². The van der Waals surface area contributed by atoms with Crippen molar-refractivity contribution in [3.63, 3.8) is 0 Å². The second-order valence-corrected chi connectivity index (χ2v) is 7.63. The van der Waals surface area contributed by atoms with Gasteiger partial charge in [-0.2, -0.15) is 9.57 Å². The number of aryl methyl sites for hydroxylation is 1. The molecule has 2 rings (SSSR count). The minimum Gasteiger partial charge on any atom is -0.207 e. The topological polar surface area (TPSA) is 61.2 Å². The normalized spacial score (nSPS) is 17.6. The summed E-state index contributed by atoms with van der Waals surface area (Å²) >= 11 is 0. The minimum atomic E-state index is -3.48. The maximum atomic E-state index is 12.8. The lowest BCUT2D eigenvalue weighted by Crippen LogP contribution is -2.38. The molecule has 0 bridgehead atoms. The van der Waals surface area contributed by atoms with Crippen LogP contribution >= 0.6 is 0 Å². The third kappa shape index (κ3) is 3.45. The van der Waals surface area contributed by atoms with E-state index in [4.69, 9.17) is 5.26 Å². The Morgan fingerprint density at radius 3 is 2.57 bits per heavy atom. The van der Waals surface area contributed by atoms with E-state index in [1.54, 1.807) is 23.4 Å². The van der Waals surface area contributed by atoms with Crippen LogP contribution in [0, 0.1) is 24.2 Å². The van der Waals surface area contributed by atoms with Crippen molar-refractivity contribution in [1.82, 2.24) is 4.31 Å². The largest absolute Gasteiger partial charge is 0.243 e. The van der Waals surface area contributed by atoms with Crippen LogP contribution in [-0.2, 0) is 10.0 Å². The van der Waals surface area contributed by atoms with E-state index in [0.717, 1.165) is 19.3 Å². The fourth-order valence-electron chi connectivity index (χ4n) is 2.93. The minimum absolute atomic E-state index is 0.274. The molecule has 0 aliphatic carbocycles. The second kappa shape index (κ2) is 6.59. The number of hydrogen-bond donors (Lipinski definition) is 0. The average molecular weight is 306 g/mol. The maximum absolute atomic E-state index is 12.8. The van der Waals surface area contributed by atoms with Crippen LogP contribution in [0.25, 0.3) is 0 Å². The van der Waals surface area contributed by atoms with Gasteiger partial charge in [0.2, 0.25) is 10.0 Å². The van der Waals surface area contributed by atoms with Crippen LogP contribution in [0.2, 0.25) is 0 Å². The third-order valence-electron chi connectivity index (χ3n) is 4.21. The number of sulfonamides is 1. The van der Waals surface area contributed by atoms with E-state index in [1.807, 2.05) is 6.07 Å². The summed E-state index contributed by atoms with van der Waals surface area (Å²) in [4.78, 5) is 0.274. The first kappa shape index (κ1) is 16.0. The Labute approximate surface area is 127 Å². The average Bonchev–Trinajstić information content (AvgIpc) is 2.48. The molecule has 1 aliphatic heterocycles. The van der Waals surface area contributed by atoms with E-state index < -0.39 is 10.0 Å². The Hall–Kier alpha value is -1.38. The highest BCUT2D eigenvalue weighted by Crippen LogP contribution is 2.28. The van der Waals surface area contributed by atoms with Gasteiger partial charge < -0.3 is 0 Å². The van der Waals surface area contributed by atoms with Crippen LogP contribution in [0.15, 0.2) is 23.1 Å². The van der Waals surface area contributed by atoms with E-state index in [2.05, 4.69) is 6.92 Å². The third-order valence-corrected chi connectivity index (χ3v) is 6.25. The van der Waals surface area contributed by atoms with Gasteiger partial charge in [-0.15, -0.1) is 0 Å². The van der Waals surface area contributed by atoms with Crippen LogP contribution in [0.3, 0.4) is 0 Å². The number of nitriles is 1. The monoisotopic (exact) mass is 306 g/mol. The summed E-state index contributed by atoms with van der Waals surface area (Å²) in [6.45, 7) is 5.12. The predicted octanol–water partition coefficient (Wildman–Crippen LogP) is 3.07. The van der Waals surface area contributed by atoms with Crippen LogP contribution in [0.5, 0.6) is 0 Å². The van der Waals surface area contributed by atoms with Gasteiger partial charge in [-0.05, 0) is 43.4 Å². The van der Waals surface area contributed by atoms with Gasteiger partial charge in [-0.1, -0.05) is 25.8 Å². The van der Waals surface area contributed by atoms with Crippen molar-refractivity contribution in [2.45, 2.75) is 44.4 Å². The first-order valence-corrected chi connectivity index (χ1v) is 8.94. The first-order valence-electron chi connectivity index (χ1n) is 7.50. The molecule has 4 nitrogen and oxygen atoms in total. The maximum Gasteiger partial charge on any atom is 0.243 e. The lowest BCUT2D eigenvalue weighted by molar-refractivity contribution is 0.262.